The molecule has 6 nitrogen and oxygen atoms in total. The lowest BCUT2D eigenvalue weighted by molar-refractivity contribution is -0.116. The van der Waals surface area contributed by atoms with E-state index in [1.54, 1.807) is 0 Å². The standard InChI is InChI=1S/C16H15FN2O4S/c1-11(20)19-8-9-23-16-7-6-12(10-15(16)19)24(21,22)18-14-5-3-2-4-13(14)17/h2-7,10,18H,8-9H2,1H3. The number of fused-ring (bicyclic) bond motifs is 1. The van der Waals surface area contributed by atoms with Crippen LogP contribution in [0.5, 0.6) is 5.75 Å². The van der Waals surface area contributed by atoms with E-state index in [1.165, 1.54) is 48.2 Å². The molecule has 0 atom stereocenters. The Morgan fingerprint density at radius 3 is 2.71 bits per heavy atom. The third-order valence-electron chi connectivity index (χ3n) is 3.60. The fourth-order valence-corrected chi connectivity index (χ4v) is 3.53. The van der Waals surface area contributed by atoms with E-state index >= 15 is 0 Å². The van der Waals surface area contributed by atoms with Crippen molar-refractivity contribution in [3.8, 4) is 5.75 Å². The Morgan fingerprint density at radius 2 is 2.00 bits per heavy atom. The number of ether oxygens (including phenoxy) is 1. The fourth-order valence-electron chi connectivity index (χ4n) is 2.44. The molecule has 0 aliphatic carbocycles. The number of hydrogen-bond donors (Lipinski definition) is 1. The molecule has 24 heavy (non-hydrogen) atoms. The molecule has 8 heteroatoms. The molecule has 1 aliphatic rings. The number of carbonyl (C=O) groups excluding carboxylic acids is 1. The van der Waals surface area contributed by atoms with Gasteiger partial charge in [0.15, 0.2) is 0 Å². The van der Waals surface area contributed by atoms with Gasteiger partial charge in [-0.2, -0.15) is 0 Å². The minimum Gasteiger partial charge on any atom is -0.490 e. The zero-order chi connectivity index (χ0) is 17.3. The highest BCUT2D eigenvalue weighted by atomic mass is 32.2. The highest BCUT2D eigenvalue weighted by molar-refractivity contribution is 7.92. The van der Waals surface area contributed by atoms with Gasteiger partial charge in [-0.1, -0.05) is 12.1 Å². The predicted octanol–water partition coefficient (Wildman–Crippen LogP) is 2.37. The molecule has 0 spiro atoms. The second-order valence-electron chi connectivity index (χ2n) is 5.23. The predicted molar refractivity (Wildman–Crippen MR) is 87.2 cm³/mol. The molecule has 2 aromatic carbocycles. The van der Waals surface area contributed by atoms with Gasteiger partial charge in [0, 0.05) is 6.92 Å². The van der Waals surface area contributed by atoms with Crippen LogP contribution in [-0.2, 0) is 14.8 Å². The molecule has 0 unspecified atom stereocenters. The molecule has 1 N–H and O–H groups in total. The van der Waals surface area contributed by atoms with Crippen molar-refractivity contribution in [3.63, 3.8) is 0 Å². The summed E-state index contributed by atoms with van der Waals surface area (Å²) in [4.78, 5) is 13.1. The second kappa shape index (κ2) is 6.12. The summed E-state index contributed by atoms with van der Waals surface area (Å²) in [6.45, 7) is 2.08. The summed E-state index contributed by atoms with van der Waals surface area (Å²) in [5.41, 5.74) is 0.236. The number of halogens is 1. The van der Waals surface area contributed by atoms with Crippen LogP contribution in [0.1, 0.15) is 6.92 Å². The van der Waals surface area contributed by atoms with Gasteiger partial charge in [0.25, 0.3) is 10.0 Å². The lowest BCUT2D eigenvalue weighted by Gasteiger charge is -2.29. The fraction of sp³-hybridized carbons (Fsp3) is 0.188. The first-order valence-electron chi connectivity index (χ1n) is 7.21. The number of anilines is 2. The van der Waals surface area contributed by atoms with E-state index in [-0.39, 0.29) is 16.5 Å². The van der Waals surface area contributed by atoms with E-state index in [0.717, 1.165) is 6.07 Å². The number of sulfonamides is 1. The molecule has 1 heterocycles. The van der Waals surface area contributed by atoms with Gasteiger partial charge in [-0.15, -0.1) is 0 Å². The number of nitrogens with zero attached hydrogens (tertiary/aromatic N) is 1. The molecule has 126 valence electrons. The third kappa shape index (κ3) is 3.05. The SMILES string of the molecule is CC(=O)N1CCOc2ccc(S(=O)(=O)Nc3ccccc3F)cc21. The Bertz CT molecular complexity index is 899. The van der Waals surface area contributed by atoms with E-state index in [1.807, 2.05) is 0 Å². The quantitative estimate of drug-likeness (QED) is 0.922. The molecule has 1 aliphatic heterocycles. The molecule has 1 amide bonds. The van der Waals surface area contributed by atoms with Crippen molar-refractivity contribution in [2.24, 2.45) is 0 Å². The zero-order valence-electron chi connectivity index (χ0n) is 12.8. The number of para-hydroxylation sites is 1. The van der Waals surface area contributed by atoms with Crippen LogP contribution < -0.4 is 14.4 Å². The minimum absolute atomic E-state index is 0.0822. The Hall–Kier alpha value is -2.61. The molecule has 0 saturated heterocycles. The van der Waals surface area contributed by atoms with E-state index in [0.29, 0.717) is 24.6 Å². The first-order chi connectivity index (χ1) is 11.4. The zero-order valence-corrected chi connectivity index (χ0v) is 13.6. The van der Waals surface area contributed by atoms with Crippen LogP contribution in [0.4, 0.5) is 15.8 Å². The molecule has 3 rings (SSSR count). The van der Waals surface area contributed by atoms with Crippen LogP contribution in [0.3, 0.4) is 0 Å². The number of nitrogens with one attached hydrogen (secondary N) is 1. The van der Waals surface area contributed by atoms with E-state index in [2.05, 4.69) is 4.72 Å². The average molecular weight is 350 g/mol. The van der Waals surface area contributed by atoms with Gasteiger partial charge in [0.05, 0.1) is 22.8 Å². The van der Waals surface area contributed by atoms with E-state index in [9.17, 15) is 17.6 Å². The van der Waals surface area contributed by atoms with E-state index < -0.39 is 15.8 Å². The molecule has 0 fully saturated rings. The van der Waals surface area contributed by atoms with Crippen molar-refractivity contribution in [3.05, 3.63) is 48.3 Å². The van der Waals surface area contributed by atoms with Crippen LogP contribution in [0.2, 0.25) is 0 Å². The largest absolute Gasteiger partial charge is 0.490 e. The maximum Gasteiger partial charge on any atom is 0.262 e. The highest BCUT2D eigenvalue weighted by Crippen LogP contribution is 2.34. The molecular formula is C16H15FN2O4S. The first kappa shape index (κ1) is 16.3. The van der Waals surface area contributed by atoms with Gasteiger partial charge in [-0.05, 0) is 30.3 Å². The number of carbonyl (C=O) groups is 1. The van der Waals surface area contributed by atoms with Crippen molar-refractivity contribution in [2.75, 3.05) is 22.8 Å². The Morgan fingerprint density at radius 1 is 1.25 bits per heavy atom. The van der Waals surface area contributed by atoms with Crippen LogP contribution in [-0.4, -0.2) is 27.5 Å². The van der Waals surface area contributed by atoms with Crippen LogP contribution in [0.25, 0.3) is 0 Å². The second-order valence-corrected chi connectivity index (χ2v) is 6.92. The highest BCUT2D eigenvalue weighted by Gasteiger charge is 2.25. The van der Waals surface area contributed by atoms with E-state index in [4.69, 9.17) is 4.74 Å². The lowest BCUT2D eigenvalue weighted by atomic mass is 10.2. The number of rotatable bonds is 3. The van der Waals surface area contributed by atoms with Gasteiger partial charge in [-0.3, -0.25) is 9.52 Å². The van der Waals surface area contributed by atoms with Crippen molar-refractivity contribution >= 4 is 27.3 Å². The number of amides is 1. The van der Waals surface area contributed by atoms with Gasteiger partial charge in [0.2, 0.25) is 5.91 Å². The number of benzene rings is 2. The normalized spacial score (nSPS) is 13.8. The summed E-state index contributed by atoms with van der Waals surface area (Å²) in [6, 6.07) is 9.67. The molecule has 0 radical (unpaired) electrons. The van der Waals surface area contributed by atoms with Gasteiger partial charge in [0.1, 0.15) is 18.2 Å². The van der Waals surface area contributed by atoms with Crippen LogP contribution in [0, 0.1) is 5.82 Å². The lowest BCUT2D eigenvalue weighted by Crippen LogP contribution is -2.36. The molecule has 2 aromatic rings. The average Bonchev–Trinajstić information content (AvgIpc) is 2.55. The van der Waals surface area contributed by atoms with Gasteiger partial charge in [-0.25, -0.2) is 12.8 Å². The third-order valence-corrected chi connectivity index (χ3v) is 4.97. The van der Waals surface area contributed by atoms with Crippen molar-refractivity contribution in [2.45, 2.75) is 11.8 Å². The Labute approximate surface area is 138 Å². The molecule has 0 aromatic heterocycles. The first-order valence-corrected chi connectivity index (χ1v) is 8.69. The van der Waals surface area contributed by atoms with Crippen molar-refractivity contribution in [1.82, 2.24) is 0 Å². The maximum absolute atomic E-state index is 13.7. The van der Waals surface area contributed by atoms with Crippen molar-refractivity contribution < 1.29 is 22.3 Å². The number of hydrogen-bond acceptors (Lipinski definition) is 4. The molecular weight excluding hydrogens is 335 g/mol. The van der Waals surface area contributed by atoms with Gasteiger partial charge >= 0.3 is 0 Å². The summed E-state index contributed by atoms with van der Waals surface area (Å²) >= 11 is 0. The molecule has 0 saturated carbocycles. The monoisotopic (exact) mass is 350 g/mol. The summed E-state index contributed by atoms with van der Waals surface area (Å²) < 4.78 is 46.3. The van der Waals surface area contributed by atoms with Gasteiger partial charge < -0.3 is 9.64 Å². The summed E-state index contributed by atoms with van der Waals surface area (Å²) in [5.74, 6) is -0.454. The topological polar surface area (TPSA) is 75.7 Å². The van der Waals surface area contributed by atoms with Crippen LogP contribution >= 0.6 is 0 Å². The van der Waals surface area contributed by atoms with Crippen molar-refractivity contribution in [1.29, 1.82) is 0 Å². The Balaban J connectivity index is 1.99. The Kier molecular flexibility index (Phi) is 4.15. The minimum atomic E-state index is -4.00. The van der Waals surface area contributed by atoms with Crippen LogP contribution in [0.15, 0.2) is 47.4 Å². The summed E-state index contributed by atoms with van der Waals surface area (Å²) in [5, 5.41) is 0. The molecule has 0 bridgehead atoms. The smallest absolute Gasteiger partial charge is 0.262 e. The summed E-state index contributed by atoms with van der Waals surface area (Å²) in [6.07, 6.45) is 0. The maximum atomic E-state index is 13.7. The summed E-state index contributed by atoms with van der Waals surface area (Å²) in [7, 11) is -4.00.